The van der Waals surface area contributed by atoms with Crippen LogP contribution < -0.4 is 5.32 Å². The van der Waals surface area contributed by atoms with E-state index >= 15 is 0 Å². The maximum atomic E-state index is 4.62. The Labute approximate surface area is 113 Å². The Morgan fingerprint density at radius 2 is 2.11 bits per heavy atom. The van der Waals surface area contributed by atoms with Crippen LogP contribution in [0.15, 0.2) is 30.3 Å². The first kappa shape index (κ1) is 13.2. The quantitative estimate of drug-likeness (QED) is 0.792. The molecule has 0 radical (unpaired) electrons. The predicted molar refractivity (Wildman–Crippen MR) is 82.6 cm³/mol. The van der Waals surface area contributed by atoms with Crippen molar-refractivity contribution in [3.63, 3.8) is 0 Å². The summed E-state index contributed by atoms with van der Waals surface area (Å²) in [5.41, 5.74) is 3.30. The molecule has 18 heavy (non-hydrogen) atoms. The van der Waals surface area contributed by atoms with Gasteiger partial charge in [-0.25, -0.2) is 0 Å². The number of nitrogens with zero attached hydrogens (tertiary/aromatic N) is 1. The first-order valence-electron chi connectivity index (χ1n) is 6.49. The number of rotatable bonds is 6. The third-order valence-electron chi connectivity index (χ3n) is 2.84. The molecule has 0 unspecified atom stereocenters. The number of benzene rings is 1. The molecule has 0 atom stereocenters. The van der Waals surface area contributed by atoms with Crippen LogP contribution in [0.1, 0.15) is 19.0 Å². The van der Waals surface area contributed by atoms with Gasteiger partial charge in [0.15, 0.2) is 0 Å². The van der Waals surface area contributed by atoms with Gasteiger partial charge in [0.2, 0.25) is 0 Å². The Morgan fingerprint density at radius 3 is 2.94 bits per heavy atom. The zero-order valence-electron chi connectivity index (χ0n) is 11.1. The van der Waals surface area contributed by atoms with E-state index in [-0.39, 0.29) is 0 Å². The van der Waals surface area contributed by atoms with E-state index in [2.05, 4.69) is 47.6 Å². The van der Waals surface area contributed by atoms with E-state index in [0.29, 0.717) is 0 Å². The van der Waals surface area contributed by atoms with Crippen LogP contribution in [-0.2, 0) is 0 Å². The number of para-hydroxylation sites is 1. The van der Waals surface area contributed by atoms with Gasteiger partial charge in [0, 0.05) is 17.6 Å². The highest BCUT2D eigenvalue weighted by molar-refractivity contribution is 7.99. The van der Waals surface area contributed by atoms with E-state index in [9.17, 15) is 0 Å². The molecule has 0 bridgehead atoms. The SMILES string of the molecule is CCSCCCNc1cccc2ccc(C)nc12. The van der Waals surface area contributed by atoms with Crippen molar-refractivity contribution in [3.8, 4) is 0 Å². The van der Waals surface area contributed by atoms with Gasteiger partial charge in [-0.2, -0.15) is 11.8 Å². The lowest BCUT2D eigenvalue weighted by molar-refractivity contribution is 0.992. The molecule has 0 aliphatic carbocycles. The monoisotopic (exact) mass is 260 g/mol. The lowest BCUT2D eigenvalue weighted by atomic mass is 10.1. The molecule has 2 aromatic rings. The van der Waals surface area contributed by atoms with Gasteiger partial charge in [-0.15, -0.1) is 0 Å². The third kappa shape index (κ3) is 3.39. The summed E-state index contributed by atoms with van der Waals surface area (Å²) >= 11 is 1.99. The van der Waals surface area contributed by atoms with Crippen molar-refractivity contribution >= 4 is 28.4 Å². The van der Waals surface area contributed by atoms with Crippen LogP contribution in [0.3, 0.4) is 0 Å². The molecule has 96 valence electrons. The Kier molecular flexibility index (Phi) is 4.88. The van der Waals surface area contributed by atoms with Crippen molar-refractivity contribution < 1.29 is 0 Å². The van der Waals surface area contributed by atoms with Crippen molar-refractivity contribution in [2.45, 2.75) is 20.3 Å². The van der Waals surface area contributed by atoms with Crippen LogP contribution in [0.4, 0.5) is 5.69 Å². The Balaban J connectivity index is 2.05. The minimum Gasteiger partial charge on any atom is -0.383 e. The number of aryl methyl sites for hydroxylation is 1. The predicted octanol–water partition coefficient (Wildman–Crippen LogP) is 4.10. The molecule has 2 nitrogen and oxygen atoms in total. The van der Waals surface area contributed by atoms with Crippen LogP contribution in [0.5, 0.6) is 0 Å². The Hall–Kier alpha value is -1.22. The summed E-state index contributed by atoms with van der Waals surface area (Å²) in [4.78, 5) is 4.62. The van der Waals surface area contributed by atoms with Gasteiger partial charge in [0.25, 0.3) is 0 Å². The molecule has 1 aromatic heterocycles. The highest BCUT2D eigenvalue weighted by Crippen LogP contribution is 2.21. The fraction of sp³-hybridized carbons (Fsp3) is 0.400. The summed E-state index contributed by atoms with van der Waals surface area (Å²) in [6, 6.07) is 10.5. The number of nitrogens with one attached hydrogen (secondary N) is 1. The minimum absolute atomic E-state index is 1.02. The zero-order chi connectivity index (χ0) is 12.8. The average Bonchev–Trinajstić information content (AvgIpc) is 2.39. The fourth-order valence-electron chi connectivity index (χ4n) is 1.93. The molecule has 3 heteroatoms. The molecular weight excluding hydrogens is 240 g/mol. The second-order valence-electron chi connectivity index (χ2n) is 4.31. The maximum Gasteiger partial charge on any atom is 0.0936 e. The number of aromatic nitrogens is 1. The second-order valence-corrected chi connectivity index (χ2v) is 5.70. The van der Waals surface area contributed by atoms with Gasteiger partial charge in [-0.1, -0.05) is 25.1 Å². The van der Waals surface area contributed by atoms with Crippen molar-refractivity contribution in [2.75, 3.05) is 23.4 Å². The zero-order valence-corrected chi connectivity index (χ0v) is 11.9. The van der Waals surface area contributed by atoms with Gasteiger partial charge >= 0.3 is 0 Å². The standard InChI is InChI=1S/C15H20N2S/c1-3-18-11-5-10-16-14-7-4-6-13-9-8-12(2)17-15(13)14/h4,6-9,16H,3,5,10-11H2,1-2H3. The van der Waals surface area contributed by atoms with E-state index in [0.717, 1.165) is 23.4 Å². The molecular formula is C15H20N2S. The van der Waals surface area contributed by atoms with Crippen LogP contribution in [0.2, 0.25) is 0 Å². The number of anilines is 1. The van der Waals surface area contributed by atoms with Gasteiger partial charge in [-0.3, -0.25) is 4.98 Å². The molecule has 0 fully saturated rings. The summed E-state index contributed by atoms with van der Waals surface area (Å²) in [6.07, 6.45) is 1.20. The molecule has 0 aliphatic heterocycles. The van der Waals surface area contributed by atoms with E-state index in [1.54, 1.807) is 0 Å². The van der Waals surface area contributed by atoms with Crippen molar-refractivity contribution in [1.29, 1.82) is 0 Å². The average molecular weight is 260 g/mol. The van der Waals surface area contributed by atoms with Crippen molar-refractivity contribution in [1.82, 2.24) is 4.98 Å². The smallest absolute Gasteiger partial charge is 0.0936 e. The lowest BCUT2D eigenvalue weighted by Crippen LogP contribution is -2.03. The topological polar surface area (TPSA) is 24.9 Å². The number of hydrogen-bond donors (Lipinski definition) is 1. The number of hydrogen-bond acceptors (Lipinski definition) is 3. The van der Waals surface area contributed by atoms with Crippen molar-refractivity contribution in [2.24, 2.45) is 0 Å². The molecule has 1 heterocycles. The summed E-state index contributed by atoms with van der Waals surface area (Å²) in [7, 11) is 0. The molecule has 0 saturated heterocycles. The van der Waals surface area contributed by atoms with E-state index in [1.807, 2.05) is 18.7 Å². The lowest BCUT2D eigenvalue weighted by Gasteiger charge is -2.09. The molecule has 0 saturated carbocycles. The normalized spacial score (nSPS) is 10.8. The third-order valence-corrected chi connectivity index (χ3v) is 3.83. The van der Waals surface area contributed by atoms with E-state index in [1.165, 1.54) is 23.3 Å². The van der Waals surface area contributed by atoms with E-state index in [4.69, 9.17) is 0 Å². The summed E-state index contributed by atoms with van der Waals surface area (Å²) < 4.78 is 0. The summed E-state index contributed by atoms with van der Waals surface area (Å²) in [5, 5.41) is 4.70. The first-order chi connectivity index (χ1) is 8.81. The largest absolute Gasteiger partial charge is 0.383 e. The van der Waals surface area contributed by atoms with E-state index < -0.39 is 0 Å². The number of fused-ring (bicyclic) bond motifs is 1. The number of pyridine rings is 1. The minimum atomic E-state index is 1.02. The molecule has 1 aromatic carbocycles. The highest BCUT2D eigenvalue weighted by atomic mass is 32.2. The molecule has 0 aliphatic rings. The van der Waals surface area contributed by atoms with Gasteiger partial charge in [0.05, 0.1) is 11.2 Å². The Bertz CT molecular complexity index is 511. The number of thioether (sulfide) groups is 1. The van der Waals surface area contributed by atoms with Crippen LogP contribution in [0, 0.1) is 6.92 Å². The van der Waals surface area contributed by atoms with Gasteiger partial charge in [0.1, 0.15) is 0 Å². The fourth-order valence-corrected chi connectivity index (χ4v) is 2.57. The molecule has 1 N–H and O–H groups in total. The van der Waals surface area contributed by atoms with Crippen LogP contribution in [-0.4, -0.2) is 23.0 Å². The van der Waals surface area contributed by atoms with Gasteiger partial charge < -0.3 is 5.32 Å². The highest BCUT2D eigenvalue weighted by Gasteiger charge is 2.01. The first-order valence-corrected chi connectivity index (χ1v) is 7.64. The van der Waals surface area contributed by atoms with Gasteiger partial charge in [-0.05, 0) is 37.0 Å². The van der Waals surface area contributed by atoms with Crippen molar-refractivity contribution in [3.05, 3.63) is 36.0 Å². The maximum absolute atomic E-state index is 4.62. The molecule has 0 amide bonds. The Morgan fingerprint density at radius 1 is 1.22 bits per heavy atom. The molecule has 0 spiro atoms. The summed E-state index contributed by atoms with van der Waals surface area (Å²) in [5.74, 6) is 2.43. The van der Waals surface area contributed by atoms with Crippen LogP contribution in [0.25, 0.3) is 10.9 Å². The second kappa shape index (κ2) is 6.64. The van der Waals surface area contributed by atoms with Crippen LogP contribution >= 0.6 is 11.8 Å². The molecule has 2 rings (SSSR count). The summed E-state index contributed by atoms with van der Waals surface area (Å²) in [6.45, 7) is 5.26.